The van der Waals surface area contributed by atoms with Crippen LogP contribution in [0.4, 0.5) is 0 Å². The van der Waals surface area contributed by atoms with E-state index in [1.54, 1.807) is 6.20 Å². The van der Waals surface area contributed by atoms with Gasteiger partial charge in [-0.15, -0.1) is 0 Å². The van der Waals surface area contributed by atoms with E-state index in [0.29, 0.717) is 24.9 Å². The lowest BCUT2D eigenvalue weighted by Crippen LogP contribution is -2.33. The van der Waals surface area contributed by atoms with Gasteiger partial charge in [0.15, 0.2) is 0 Å². The van der Waals surface area contributed by atoms with Crippen molar-refractivity contribution in [3.63, 3.8) is 0 Å². The second kappa shape index (κ2) is 10.6. The zero-order chi connectivity index (χ0) is 22.3. The number of carboxylic acid groups (broad SMARTS) is 1. The number of hydrogen-bond acceptors (Lipinski definition) is 4. The van der Waals surface area contributed by atoms with Gasteiger partial charge in [0.2, 0.25) is 5.91 Å². The van der Waals surface area contributed by atoms with Crippen molar-refractivity contribution in [3.05, 3.63) is 59.9 Å². The highest BCUT2D eigenvalue weighted by atomic mass is 16.5. The quantitative estimate of drug-likeness (QED) is 0.643. The van der Waals surface area contributed by atoms with Crippen molar-refractivity contribution in [2.75, 3.05) is 19.7 Å². The summed E-state index contributed by atoms with van der Waals surface area (Å²) in [7, 11) is 0. The number of hydrogen-bond donors (Lipinski definition) is 1. The number of carbonyl (C=O) groups is 2. The number of aromatic nitrogens is 1. The van der Waals surface area contributed by atoms with Gasteiger partial charge in [-0.2, -0.15) is 0 Å². The Bertz CT molecular complexity index is 886. The number of benzene rings is 1. The highest BCUT2D eigenvalue weighted by Gasteiger charge is 2.37. The normalized spacial score (nSPS) is 21.1. The minimum absolute atomic E-state index is 0.0127. The smallest absolute Gasteiger partial charge is 0.307 e. The molecule has 1 saturated heterocycles. The summed E-state index contributed by atoms with van der Waals surface area (Å²) in [5.74, 6) is 0.336. The van der Waals surface area contributed by atoms with Gasteiger partial charge in [0.05, 0.1) is 12.5 Å². The van der Waals surface area contributed by atoms with Crippen LogP contribution in [0.1, 0.15) is 43.4 Å². The molecule has 1 unspecified atom stereocenters. The number of nitrogens with zero attached hydrogens (tertiary/aromatic N) is 2. The monoisotopic (exact) mass is 436 g/mol. The molecular weight excluding hydrogens is 404 g/mol. The van der Waals surface area contributed by atoms with E-state index in [9.17, 15) is 14.7 Å². The molecule has 1 aliphatic heterocycles. The first-order chi connectivity index (χ1) is 15.6. The summed E-state index contributed by atoms with van der Waals surface area (Å²) >= 11 is 0. The molecule has 4 rings (SSSR count). The number of ether oxygens (including phenoxy) is 1. The second-order valence-corrected chi connectivity index (χ2v) is 9.11. The molecule has 1 N–H and O–H groups in total. The number of carbonyl (C=O) groups excluding carboxylic acids is 1. The Labute approximate surface area is 189 Å². The van der Waals surface area contributed by atoms with Crippen molar-refractivity contribution in [2.24, 2.45) is 17.8 Å². The van der Waals surface area contributed by atoms with Gasteiger partial charge in [0.1, 0.15) is 5.75 Å². The number of fused-ring (bicyclic) bond motifs is 1. The number of likely N-dealkylation sites (tertiary alicyclic amines) is 1. The van der Waals surface area contributed by atoms with Crippen molar-refractivity contribution < 1.29 is 19.4 Å². The topological polar surface area (TPSA) is 79.7 Å². The minimum atomic E-state index is -0.911. The highest BCUT2D eigenvalue weighted by molar-refractivity contribution is 5.82. The lowest BCUT2D eigenvalue weighted by molar-refractivity contribution is -0.145. The number of rotatable bonds is 9. The Balaban J connectivity index is 1.27. The van der Waals surface area contributed by atoms with Crippen molar-refractivity contribution in [1.82, 2.24) is 9.88 Å². The van der Waals surface area contributed by atoms with E-state index in [4.69, 9.17) is 4.74 Å². The number of pyridine rings is 1. The SMILES string of the molecule is O=C(O)C(CC(=O)N1C[C@H]2CCCC[C@H]2C1)Cc1ccc(OCCc2ccccn2)cc1. The van der Waals surface area contributed by atoms with Crippen LogP contribution in [0.2, 0.25) is 0 Å². The first-order valence-corrected chi connectivity index (χ1v) is 11.7. The zero-order valence-electron chi connectivity index (χ0n) is 18.5. The highest BCUT2D eigenvalue weighted by Crippen LogP contribution is 2.36. The van der Waals surface area contributed by atoms with E-state index in [2.05, 4.69) is 4.98 Å². The van der Waals surface area contributed by atoms with E-state index in [0.717, 1.165) is 36.5 Å². The molecule has 2 aromatic rings. The maximum absolute atomic E-state index is 12.8. The predicted octanol–water partition coefficient (Wildman–Crippen LogP) is 3.99. The Kier molecular flexibility index (Phi) is 7.40. The summed E-state index contributed by atoms with van der Waals surface area (Å²) in [6.45, 7) is 2.14. The lowest BCUT2D eigenvalue weighted by Gasteiger charge is -2.22. The van der Waals surface area contributed by atoms with Gasteiger partial charge >= 0.3 is 5.97 Å². The zero-order valence-corrected chi connectivity index (χ0v) is 18.5. The third kappa shape index (κ3) is 5.87. The van der Waals surface area contributed by atoms with Crippen LogP contribution in [0.5, 0.6) is 5.75 Å². The molecule has 6 heteroatoms. The molecule has 6 nitrogen and oxygen atoms in total. The summed E-state index contributed by atoms with van der Waals surface area (Å²) < 4.78 is 5.78. The molecule has 170 valence electrons. The molecule has 0 bridgehead atoms. The van der Waals surface area contributed by atoms with E-state index >= 15 is 0 Å². The fourth-order valence-corrected chi connectivity index (χ4v) is 5.02. The first-order valence-electron chi connectivity index (χ1n) is 11.7. The molecule has 1 aliphatic carbocycles. The average molecular weight is 437 g/mol. The molecule has 3 atom stereocenters. The van der Waals surface area contributed by atoms with Gasteiger partial charge in [-0.05, 0) is 60.9 Å². The van der Waals surface area contributed by atoms with Crippen LogP contribution in [0.25, 0.3) is 0 Å². The fraction of sp³-hybridized carbons (Fsp3) is 0.500. The number of amides is 1. The molecular formula is C26H32N2O4. The minimum Gasteiger partial charge on any atom is -0.493 e. The van der Waals surface area contributed by atoms with Crippen LogP contribution < -0.4 is 4.74 Å². The predicted molar refractivity (Wildman–Crippen MR) is 121 cm³/mol. The third-order valence-electron chi connectivity index (χ3n) is 6.86. The molecule has 1 amide bonds. The van der Waals surface area contributed by atoms with Crippen LogP contribution in [0, 0.1) is 17.8 Å². The summed E-state index contributed by atoms with van der Waals surface area (Å²) in [6, 6.07) is 13.3. The second-order valence-electron chi connectivity index (χ2n) is 9.11. The van der Waals surface area contributed by atoms with Crippen molar-refractivity contribution in [2.45, 2.75) is 44.9 Å². The molecule has 2 fully saturated rings. The fourth-order valence-electron chi connectivity index (χ4n) is 5.02. The number of aliphatic carboxylic acids is 1. The van der Waals surface area contributed by atoms with E-state index in [1.165, 1.54) is 25.7 Å². The van der Waals surface area contributed by atoms with Crippen molar-refractivity contribution in [1.29, 1.82) is 0 Å². The summed E-state index contributed by atoms with van der Waals surface area (Å²) in [6.07, 6.45) is 7.81. The van der Waals surface area contributed by atoms with Crippen LogP contribution in [0.3, 0.4) is 0 Å². The summed E-state index contributed by atoms with van der Waals surface area (Å²) in [5.41, 5.74) is 1.88. The molecule has 2 aliphatic rings. The van der Waals surface area contributed by atoms with Crippen molar-refractivity contribution in [3.8, 4) is 5.75 Å². The Morgan fingerprint density at radius 3 is 2.41 bits per heavy atom. The van der Waals surface area contributed by atoms with Crippen LogP contribution in [0.15, 0.2) is 48.7 Å². The largest absolute Gasteiger partial charge is 0.493 e. The molecule has 1 aromatic carbocycles. The van der Waals surface area contributed by atoms with Crippen LogP contribution >= 0.6 is 0 Å². The summed E-state index contributed by atoms with van der Waals surface area (Å²) in [5, 5.41) is 9.71. The van der Waals surface area contributed by atoms with Gasteiger partial charge in [-0.3, -0.25) is 14.6 Å². The maximum Gasteiger partial charge on any atom is 0.307 e. The van der Waals surface area contributed by atoms with Gasteiger partial charge < -0.3 is 14.7 Å². The maximum atomic E-state index is 12.8. The van der Waals surface area contributed by atoms with Gasteiger partial charge in [0, 0.05) is 37.8 Å². The van der Waals surface area contributed by atoms with Crippen LogP contribution in [-0.2, 0) is 22.4 Å². The molecule has 32 heavy (non-hydrogen) atoms. The molecule has 1 aromatic heterocycles. The summed E-state index contributed by atoms with van der Waals surface area (Å²) in [4.78, 5) is 30.9. The third-order valence-corrected chi connectivity index (χ3v) is 6.86. The Hall–Kier alpha value is -2.89. The van der Waals surface area contributed by atoms with Gasteiger partial charge in [0.25, 0.3) is 0 Å². The molecule has 1 saturated carbocycles. The Morgan fingerprint density at radius 2 is 1.78 bits per heavy atom. The number of carboxylic acids is 1. The van der Waals surface area contributed by atoms with E-state index < -0.39 is 11.9 Å². The van der Waals surface area contributed by atoms with E-state index in [1.807, 2.05) is 47.4 Å². The average Bonchev–Trinajstić information content (AvgIpc) is 3.25. The molecule has 0 spiro atoms. The lowest BCUT2D eigenvalue weighted by atomic mass is 9.82. The standard InChI is InChI=1S/C26H32N2O4/c29-25(28-17-20-5-1-2-6-21(20)18-28)16-22(26(30)31)15-19-8-10-24(11-9-19)32-14-12-23-7-3-4-13-27-23/h3-4,7-11,13,20-22H,1-2,5-6,12,14-18H2,(H,30,31)/t20-,21+,22?. The van der Waals surface area contributed by atoms with Gasteiger partial charge in [-0.25, -0.2) is 0 Å². The van der Waals surface area contributed by atoms with Crippen molar-refractivity contribution >= 4 is 11.9 Å². The van der Waals surface area contributed by atoms with Gasteiger partial charge in [-0.1, -0.05) is 31.0 Å². The molecule has 0 radical (unpaired) electrons. The van der Waals surface area contributed by atoms with Crippen LogP contribution in [-0.4, -0.2) is 46.6 Å². The van der Waals surface area contributed by atoms with E-state index in [-0.39, 0.29) is 12.3 Å². The molecule has 2 heterocycles. The first kappa shape index (κ1) is 22.3. The Morgan fingerprint density at radius 1 is 1.06 bits per heavy atom.